The zero-order valence-corrected chi connectivity index (χ0v) is 9.01. The summed E-state index contributed by atoms with van der Waals surface area (Å²) in [6.07, 6.45) is -3.14. The molecule has 0 aliphatic carbocycles. The van der Waals surface area contributed by atoms with Gasteiger partial charge in [-0.3, -0.25) is 0 Å². The predicted octanol–water partition coefficient (Wildman–Crippen LogP) is 1.19. The van der Waals surface area contributed by atoms with E-state index >= 15 is 0 Å². The lowest BCUT2D eigenvalue weighted by molar-refractivity contribution is -0.131. The molecule has 2 N–H and O–H groups in total. The highest BCUT2D eigenvalue weighted by Crippen LogP contribution is 2.35. The normalized spacial score (nSPS) is 16.4. The molecule has 2 atom stereocenters. The third-order valence-electron chi connectivity index (χ3n) is 1.70. The zero-order valence-electron chi connectivity index (χ0n) is 8.19. The van der Waals surface area contributed by atoms with Crippen LogP contribution in [0.3, 0.4) is 0 Å². The summed E-state index contributed by atoms with van der Waals surface area (Å²) >= 11 is 0.576. The summed E-state index contributed by atoms with van der Waals surface area (Å²) in [5.41, 5.74) is 5.29. The van der Waals surface area contributed by atoms with Gasteiger partial charge in [0, 0.05) is 13.1 Å². The molecule has 1 aromatic heterocycles. The Labute approximate surface area is 89.0 Å². The lowest BCUT2D eigenvalue weighted by Gasteiger charge is -2.22. The van der Waals surface area contributed by atoms with Crippen molar-refractivity contribution in [2.45, 2.75) is 29.5 Å². The molecular formula is C7H11F3N4S. The lowest BCUT2D eigenvalue weighted by atomic mass is 10.2. The third kappa shape index (κ3) is 3.10. The van der Waals surface area contributed by atoms with Crippen molar-refractivity contribution in [3.05, 3.63) is 6.33 Å². The minimum Gasteiger partial charge on any atom is -0.327 e. The topological polar surface area (TPSA) is 56.7 Å². The molecule has 0 amide bonds. The van der Waals surface area contributed by atoms with Crippen molar-refractivity contribution in [2.24, 2.45) is 12.8 Å². The molecule has 1 aromatic rings. The van der Waals surface area contributed by atoms with Gasteiger partial charge in [0.15, 0.2) is 5.16 Å². The van der Waals surface area contributed by atoms with Gasteiger partial charge in [0.2, 0.25) is 0 Å². The largest absolute Gasteiger partial charge is 0.402 e. The highest BCUT2D eigenvalue weighted by Gasteiger charge is 2.43. The van der Waals surface area contributed by atoms with Crippen LogP contribution in [0.1, 0.15) is 6.92 Å². The molecule has 1 rings (SSSR count). The van der Waals surface area contributed by atoms with Crippen LogP contribution in [0.5, 0.6) is 0 Å². The fourth-order valence-electron chi connectivity index (χ4n) is 0.978. The maximum absolute atomic E-state index is 12.5. The smallest absolute Gasteiger partial charge is 0.327 e. The average molecular weight is 240 g/mol. The molecule has 4 nitrogen and oxygen atoms in total. The number of aromatic nitrogens is 3. The number of thioether (sulfide) groups is 1. The fourth-order valence-corrected chi connectivity index (χ4v) is 1.86. The van der Waals surface area contributed by atoms with Gasteiger partial charge in [-0.1, -0.05) is 11.8 Å². The van der Waals surface area contributed by atoms with E-state index in [-0.39, 0.29) is 5.16 Å². The van der Waals surface area contributed by atoms with Gasteiger partial charge in [0.05, 0.1) is 0 Å². The minimum atomic E-state index is -4.34. The van der Waals surface area contributed by atoms with Gasteiger partial charge >= 0.3 is 6.18 Å². The summed E-state index contributed by atoms with van der Waals surface area (Å²) in [4.78, 5) is 3.71. The number of rotatable bonds is 3. The van der Waals surface area contributed by atoms with E-state index in [1.807, 2.05) is 0 Å². The van der Waals surface area contributed by atoms with E-state index in [1.165, 1.54) is 25.0 Å². The van der Waals surface area contributed by atoms with Crippen molar-refractivity contribution in [3.63, 3.8) is 0 Å². The highest BCUT2D eigenvalue weighted by atomic mass is 32.2. The molecule has 0 fully saturated rings. The molecule has 0 aliphatic rings. The van der Waals surface area contributed by atoms with Gasteiger partial charge in [-0.05, 0) is 6.92 Å². The van der Waals surface area contributed by atoms with Crippen LogP contribution in [-0.2, 0) is 7.05 Å². The van der Waals surface area contributed by atoms with E-state index in [1.54, 1.807) is 0 Å². The molecule has 0 bridgehead atoms. The van der Waals surface area contributed by atoms with Crippen LogP contribution in [-0.4, -0.2) is 32.2 Å². The van der Waals surface area contributed by atoms with Crippen LogP contribution >= 0.6 is 11.8 Å². The van der Waals surface area contributed by atoms with Gasteiger partial charge in [-0.2, -0.15) is 18.3 Å². The van der Waals surface area contributed by atoms with Crippen LogP contribution in [0.2, 0.25) is 0 Å². The Morgan fingerprint density at radius 2 is 2.13 bits per heavy atom. The van der Waals surface area contributed by atoms with Gasteiger partial charge in [-0.25, -0.2) is 9.67 Å². The van der Waals surface area contributed by atoms with Crippen molar-refractivity contribution >= 4 is 11.8 Å². The Balaban J connectivity index is 2.81. The first kappa shape index (κ1) is 12.3. The zero-order chi connectivity index (χ0) is 11.6. The maximum Gasteiger partial charge on any atom is 0.402 e. The Bertz CT molecular complexity index is 322. The molecule has 15 heavy (non-hydrogen) atoms. The molecule has 0 spiro atoms. The lowest BCUT2D eigenvalue weighted by Crippen LogP contribution is -2.40. The number of hydrogen-bond acceptors (Lipinski definition) is 4. The Morgan fingerprint density at radius 3 is 2.47 bits per heavy atom. The quantitative estimate of drug-likeness (QED) is 0.806. The first-order chi connectivity index (χ1) is 6.82. The third-order valence-corrected chi connectivity index (χ3v) is 3.23. The Hall–Kier alpha value is -0.760. The SMILES string of the molecule is CC(N)C(Sc1ncnn1C)C(F)(F)F. The summed E-state index contributed by atoms with van der Waals surface area (Å²) in [5, 5.41) is 2.22. The van der Waals surface area contributed by atoms with Crippen molar-refractivity contribution in [2.75, 3.05) is 0 Å². The van der Waals surface area contributed by atoms with Crippen LogP contribution in [0.4, 0.5) is 13.2 Å². The molecule has 0 radical (unpaired) electrons. The monoisotopic (exact) mass is 240 g/mol. The van der Waals surface area contributed by atoms with Crippen molar-refractivity contribution in [1.29, 1.82) is 0 Å². The Kier molecular flexibility index (Phi) is 3.61. The molecule has 86 valence electrons. The number of hydrogen-bond donors (Lipinski definition) is 1. The van der Waals surface area contributed by atoms with E-state index in [2.05, 4.69) is 10.1 Å². The molecule has 0 saturated heterocycles. The van der Waals surface area contributed by atoms with Gasteiger partial charge < -0.3 is 5.73 Å². The van der Waals surface area contributed by atoms with Crippen LogP contribution < -0.4 is 5.73 Å². The first-order valence-corrected chi connectivity index (χ1v) is 5.03. The highest BCUT2D eigenvalue weighted by molar-refractivity contribution is 7.99. The molecule has 2 unspecified atom stereocenters. The molecule has 0 aromatic carbocycles. The summed E-state index contributed by atoms with van der Waals surface area (Å²) in [6, 6.07) is -0.994. The van der Waals surface area contributed by atoms with Crippen LogP contribution in [0, 0.1) is 0 Å². The van der Waals surface area contributed by atoms with Crippen molar-refractivity contribution in [3.8, 4) is 0 Å². The predicted molar refractivity (Wildman–Crippen MR) is 50.4 cm³/mol. The number of halogens is 3. The number of aryl methyl sites for hydroxylation is 1. The maximum atomic E-state index is 12.5. The van der Waals surface area contributed by atoms with Gasteiger partial charge in [0.1, 0.15) is 11.6 Å². The summed E-state index contributed by atoms with van der Waals surface area (Å²) in [7, 11) is 1.53. The van der Waals surface area contributed by atoms with E-state index in [0.717, 1.165) is 0 Å². The molecule has 0 saturated carbocycles. The van der Waals surface area contributed by atoms with E-state index in [0.29, 0.717) is 11.8 Å². The van der Waals surface area contributed by atoms with Crippen molar-refractivity contribution < 1.29 is 13.2 Å². The van der Waals surface area contributed by atoms with Crippen LogP contribution in [0.15, 0.2) is 11.5 Å². The Morgan fingerprint density at radius 1 is 1.53 bits per heavy atom. The molecule has 0 aliphatic heterocycles. The summed E-state index contributed by atoms with van der Waals surface area (Å²) in [6.45, 7) is 1.32. The summed E-state index contributed by atoms with van der Waals surface area (Å²) in [5.74, 6) is 0. The summed E-state index contributed by atoms with van der Waals surface area (Å²) < 4.78 is 38.9. The van der Waals surface area contributed by atoms with E-state index in [9.17, 15) is 13.2 Å². The fraction of sp³-hybridized carbons (Fsp3) is 0.714. The molecule has 1 heterocycles. The first-order valence-electron chi connectivity index (χ1n) is 4.15. The van der Waals surface area contributed by atoms with E-state index in [4.69, 9.17) is 5.73 Å². The van der Waals surface area contributed by atoms with Gasteiger partial charge in [0.25, 0.3) is 0 Å². The molecular weight excluding hydrogens is 229 g/mol. The standard InChI is InChI=1S/C7H11F3N4S/c1-4(11)5(7(8,9)10)15-6-12-3-13-14(6)2/h3-5H,11H2,1-2H3. The van der Waals surface area contributed by atoms with Crippen LogP contribution in [0.25, 0.3) is 0 Å². The second kappa shape index (κ2) is 4.40. The molecule has 8 heteroatoms. The van der Waals surface area contributed by atoms with Gasteiger partial charge in [-0.15, -0.1) is 0 Å². The number of nitrogens with two attached hydrogens (primary N) is 1. The average Bonchev–Trinajstić information content (AvgIpc) is 2.44. The van der Waals surface area contributed by atoms with E-state index < -0.39 is 17.5 Å². The number of alkyl halides is 3. The second-order valence-corrected chi connectivity index (χ2v) is 4.21. The number of nitrogens with zero attached hydrogens (tertiary/aromatic N) is 3. The minimum absolute atomic E-state index is 0.203. The second-order valence-electron chi connectivity index (χ2n) is 3.11. The van der Waals surface area contributed by atoms with Crippen molar-refractivity contribution in [1.82, 2.24) is 14.8 Å².